The van der Waals surface area contributed by atoms with Crippen molar-refractivity contribution < 1.29 is 14.3 Å². The highest BCUT2D eigenvalue weighted by molar-refractivity contribution is 9.11. The fourth-order valence-electron chi connectivity index (χ4n) is 2.41. The summed E-state index contributed by atoms with van der Waals surface area (Å²) in [5, 5.41) is 4.62. The first kappa shape index (κ1) is 17.7. The molecule has 3 rings (SSSR count). The molecule has 1 fully saturated rings. The van der Waals surface area contributed by atoms with E-state index in [4.69, 9.17) is 4.74 Å². The summed E-state index contributed by atoms with van der Waals surface area (Å²) in [6.45, 7) is 2.48. The van der Waals surface area contributed by atoms with Crippen molar-refractivity contribution in [1.82, 2.24) is 10.6 Å². The molecule has 5 nitrogen and oxygen atoms in total. The number of hydrogen-bond donors (Lipinski definition) is 2. The van der Waals surface area contributed by atoms with Crippen LogP contribution < -0.4 is 15.4 Å². The van der Waals surface area contributed by atoms with E-state index in [1.54, 1.807) is 6.08 Å². The Hall–Kier alpha value is -2.12. The molecule has 0 atom stereocenters. The van der Waals surface area contributed by atoms with E-state index < -0.39 is 11.9 Å². The number of carbonyl (C=O) groups is 2. The van der Waals surface area contributed by atoms with Crippen molar-refractivity contribution in [2.75, 3.05) is 0 Å². The lowest BCUT2D eigenvalue weighted by Gasteiger charge is -2.12. The summed E-state index contributed by atoms with van der Waals surface area (Å²) in [4.78, 5) is 22.8. The highest BCUT2D eigenvalue weighted by atomic mass is 79.9. The number of urea groups is 1. The molecule has 2 aromatic rings. The summed E-state index contributed by atoms with van der Waals surface area (Å²) in [6.07, 6.45) is 1.60. The van der Waals surface area contributed by atoms with E-state index in [1.807, 2.05) is 37.3 Å². The highest BCUT2D eigenvalue weighted by Crippen LogP contribution is 2.36. The van der Waals surface area contributed by atoms with Gasteiger partial charge in [0.1, 0.15) is 18.1 Å². The molecule has 1 heterocycles. The molecule has 7 heteroatoms. The molecule has 0 saturated carbocycles. The predicted molar refractivity (Wildman–Crippen MR) is 102 cm³/mol. The van der Waals surface area contributed by atoms with Crippen LogP contribution in [0.25, 0.3) is 6.08 Å². The minimum atomic E-state index is -0.521. The maximum atomic E-state index is 11.6. The molecule has 1 saturated heterocycles. The lowest BCUT2D eigenvalue weighted by molar-refractivity contribution is -0.115. The normalized spacial score (nSPS) is 15.2. The number of halogens is 2. The van der Waals surface area contributed by atoms with Gasteiger partial charge in [0.2, 0.25) is 0 Å². The average Bonchev–Trinajstić information content (AvgIpc) is 2.84. The molecule has 0 aliphatic carbocycles. The van der Waals surface area contributed by atoms with Crippen LogP contribution in [0, 0.1) is 6.92 Å². The monoisotopic (exact) mass is 464 g/mol. The lowest BCUT2D eigenvalue weighted by atomic mass is 10.1. The Labute approximate surface area is 161 Å². The maximum Gasteiger partial charge on any atom is 0.326 e. The first-order valence-electron chi connectivity index (χ1n) is 7.44. The van der Waals surface area contributed by atoms with Gasteiger partial charge in [-0.3, -0.25) is 10.1 Å². The van der Waals surface area contributed by atoms with E-state index in [2.05, 4.69) is 48.6 Å². The molecular weight excluding hydrogens is 452 g/mol. The Morgan fingerprint density at radius 2 is 1.80 bits per heavy atom. The Bertz CT molecular complexity index is 871. The van der Waals surface area contributed by atoms with Crippen molar-refractivity contribution in [3.05, 3.63) is 67.7 Å². The molecule has 1 aliphatic heterocycles. The predicted octanol–water partition coefficient (Wildman–Crippen LogP) is 4.28. The number of nitrogens with one attached hydrogen (secondary N) is 2. The number of aryl methyl sites for hydroxylation is 1. The quantitative estimate of drug-likeness (QED) is 0.523. The zero-order valence-corrected chi connectivity index (χ0v) is 16.4. The summed E-state index contributed by atoms with van der Waals surface area (Å²) < 4.78 is 7.39. The topological polar surface area (TPSA) is 67.4 Å². The molecule has 2 aromatic carbocycles. The summed E-state index contributed by atoms with van der Waals surface area (Å²) in [7, 11) is 0. The smallest absolute Gasteiger partial charge is 0.326 e. The van der Waals surface area contributed by atoms with Crippen molar-refractivity contribution in [3.8, 4) is 5.75 Å². The highest BCUT2D eigenvalue weighted by Gasteiger charge is 2.23. The van der Waals surface area contributed by atoms with Crippen LogP contribution in [0.5, 0.6) is 5.75 Å². The third-order valence-corrected chi connectivity index (χ3v) is 4.70. The number of ether oxygens (including phenoxy) is 1. The van der Waals surface area contributed by atoms with E-state index in [0.717, 1.165) is 20.1 Å². The van der Waals surface area contributed by atoms with E-state index in [1.165, 1.54) is 5.56 Å². The van der Waals surface area contributed by atoms with Crippen molar-refractivity contribution in [2.45, 2.75) is 13.5 Å². The van der Waals surface area contributed by atoms with Crippen molar-refractivity contribution in [3.63, 3.8) is 0 Å². The molecular formula is C18H14Br2N2O3. The molecule has 128 valence electrons. The third kappa shape index (κ3) is 4.29. The number of hydrogen-bond acceptors (Lipinski definition) is 3. The Kier molecular flexibility index (Phi) is 5.24. The Morgan fingerprint density at radius 3 is 2.40 bits per heavy atom. The molecule has 1 aliphatic rings. The SMILES string of the molecule is Cc1cccc(COc2c(Br)cc(/C=C3/NC(=O)NC3=O)cc2Br)c1. The van der Waals surface area contributed by atoms with Crippen LogP contribution in [0.2, 0.25) is 0 Å². The molecule has 25 heavy (non-hydrogen) atoms. The van der Waals surface area contributed by atoms with E-state index >= 15 is 0 Å². The Balaban J connectivity index is 1.80. The maximum absolute atomic E-state index is 11.6. The second-order valence-electron chi connectivity index (χ2n) is 5.56. The van der Waals surface area contributed by atoms with Crippen LogP contribution in [0.4, 0.5) is 4.79 Å². The zero-order valence-electron chi connectivity index (χ0n) is 13.2. The second kappa shape index (κ2) is 7.41. The van der Waals surface area contributed by atoms with Gasteiger partial charge in [0.05, 0.1) is 8.95 Å². The van der Waals surface area contributed by atoms with Gasteiger partial charge >= 0.3 is 6.03 Å². The van der Waals surface area contributed by atoms with Crippen molar-refractivity contribution in [2.24, 2.45) is 0 Å². The second-order valence-corrected chi connectivity index (χ2v) is 7.27. The average molecular weight is 466 g/mol. The number of benzene rings is 2. The van der Waals surface area contributed by atoms with E-state index in [-0.39, 0.29) is 5.70 Å². The van der Waals surface area contributed by atoms with Gasteiger partial charge in [-0.15, -0.1) is 0 Å². The molecule has 0 spiro atoms. The first-order valence-corrected chi connectivity index (χ1v) is 9.02. The number of carbonyl (C=O) groups excluding carboxylic acids is 2. The molecule has 0 unspecified atom stereocenters. The summed E-state index contributed by atoms with van der Waals surface area (Å²) in [5.41, 5.74) is 3.21. The van der Waals surface area contributed by atoms with Crippen LogP contribution in [-0.4, -0.2) is 11.9 Å². The van der Waals surface area contributed by atoms with Crippen molar-refractivity contribution >= 4 is 49.9 Å². The molecule has 2 N–H and O–H groups in total. The molecule has 0 radical (unpaired) electrons. The van der Waals surface area contributed by atoms with Gasteiger partial charge in [0.25, 0.3) is 5.91 Å². The first-order chi connectivity index (χ1) is 11.9. The molecule has 0 bridgehead atoms. The number of amides is 3. The van der Waals surface area contributed by atoms with Crippen LogP contribution in [-0.2, 0) is 11.4 Å². The van der Waals surface area contributed by atoms with Gasteiger partial charge in [0.15, 0.2) is 0 Å². The largest absolute Gasteiger partial charge is 0.487 e. The fourth-order valence-corrected chi connectivity index (χ4v) is 3.86. The van der Waals surface area contributed by atoms with Crippen LogP contribution in [0.15, 0.2) is 51.0 Å². The summed E-state index contributed by atoms with van der Waals surface area (Å²) in [5.74, 6) is 0.223. The van der Waals surface area contributed by atoms with Crippen LogP contribution in [0.3, 0.4) is 0 Å². The van der Waals surface area contributed by atoms with E-state index in [0.29, 0.717) is 12.4 Å². The van der Waals surface area contributed by atoms with Gasteiger partial charge in [-0.1, -0.05) is 29.8 Å². The standard InChI is InChI=1S/C18H14Br2N2O3/c1-10-3-2-4-11(5-10)9-25-16-13(19)6-12(7-14(16)20)8-15-17(23)22-18(24)21-15/h2-8H,9H2,1H3,(H2,21,22,23,24)/b15-8+. The van der Waals surface area contributed by atoms with E-state index in [9.17, 15) is 9.59 Å². The van der Waals surface area contributed by atoms with Crippen LogP contribution >= 0.6 is 31.9 Å². The van der Waals surface area contributed by atoms with Gasteiger partial charge < -0.3 is 10.1 Å². The minimum Gasteiger partial charge on any atom is -0.487 e. The van der Waals surface area contributed by atoms with Gasteiger partial charge in [0, 0.05) is 0 Å². The molecule has 3 amide bonds. The van der Waals surface area contributed by atoms with Gasteiger partial charge in [-0.25, -0.2) is 4.79 Å². The molecule has 0 aromatic heterocycles. The minimum absolute atomic E-state index is 0.206. The lowest BCUT2D eigenvalue weighted by Crippen LogP contribution is -2.22. The van der Waals surface area contributed by atoms with Gasteiger partial charge in [-0.05, 0) is 68.1 Å². The fraction of sp³-hybridized carbons (Fsp3) is 0.111. The summed E-state index contributed by atoms with van der Waals surface area (Å²) in [6, 6.07) is 11.2. The van der Waals surface area contributed by atoms with Crippen molar-refractivity contribution in [1.29, 1.82) is 0 Å². The third-order valence-electron chi connectivity index (χ3n) is 3.52. The van der Waals surface area contributed by atoms with Gasteiger partial charge in [-0.2, -0.15) is 0 Å². The number of rotatable bonds is 4. The zero-order chi connectivity index (χ0) is 18.0. The van der Waals surface area contributed by atoms with Crippen LogP contribution in [0.1, 0.15) is 16.7 Å². The number of imide groups is 1. The Morgan fingerprint density at radius 1 is 1.08 bits per heavy atom. The summed E-state index contributed by atoms with van der Waals surface area (Å²) >= 11 is 6.98.